The third kappa shape index (κ3) is 5.72. The molecule has 0 aliphatic rings. The highest BCUT2D eigenvalue weighted by molar-refractivity contribution is 5.53. The SMILES string of the molecule is CC[C@H](c1cccc(N(C(C)C)C(C)C)c1)c1cc(CO)ccc1OCc1ccccc1. The monoisotopic (exact) mass is 431 g/mol. The van der Waals surface area contributed by atoms with Crippen LogP contribution in [-0.4, -0.2) is 17.2 Å². The van der Waals surface area contributed by atoms with E-state index in [9.17, 15) is 5.11 Å². The molecule has 0 radical (unpaired) electrons. The zero-order valence-corrected chi connectivity index (χ0v) is 20.1. The van der Waals surface area contributed by atoms with Gasteiger partial charge in [-0.2, -0.15) is 0 Å². The maximum absolute atomic E-state index is 9.78. The van der Waals surface area contributed by atoms with Gasteiger partial charge in [0.1, 0.15) is 12.4 Å². The molecule has 0 amide bonds. The number of rotatable bonds is 10. The summed E-state index contributed by atoms with van der Waals surface area (Å²) >= 11 is 0. The molecule has 0 spiro atoms. The standard InChI is InChI=1S/C29H37NO2/c1-6-27(25-13-10-14-26(18-25)30(21(2)3)22(4)5)28-17-24(19-31)15-16-29(28)32-20-23-11-8-7-9-12-23/h7-18,21-22,27,31H,6,19-20H2,1-5H3/t27-/m1/s1. The van der Waals surface area contributed by atoms with Crippen LogP contribution in [0.4, 0.5) is 5.69 Å². The predicted octanol–water partition coefficient (Wildman–Crippen LogP) is 6.92. The lowest BCUT2D eigenvalue weighted by atomic mass is 9.87. The van der Waals surface area contributed by atoms with Gasteiger partial charge in [0.05, 0.1) is 6.61 Å². The minimum absolute atomic E-state index is 0.0247. The van der Waals surface area contributed by atoms with Gasteiger partial charge in [0.25, 0.3) is 0 Å². The zero-order chi connectivity index (χ0) is 23.1. The number of aliphatic hydroxyl groups is 1. The molecular weight excluding hydrogens is 394 g/mol. The molecule has 3 aromatic rings. The van der Waals surface area contributed by atoms with E-state index < -0.39 is 0 Å². The number of anilines is 1. The average molecular weight is 432 g/mol. The predicted molar refractivity (Wildman–Crippen MR) is 134 cm³/mol. The second kappa shape index (κ2) is 11.2. The van der Waals surface area contributed by atoms with Crippen LogP contribution >= 0.6 is 0 Å². The van der Waals surface area contributed by atoms with E-state index >= 15 is 0 Å². The lowest BCUT2D eigenvalue weighted by molar-refractivity contribution is 0.280. The maximum Gasteiger partial charge on any atom is 0.123 e. The Morgan fingerprint density at radius 3 is 2.16 bits per heavy atom. The lowest BCUT2D eigenvalue weighted by Crippen LogP contribution is -2.37. The molecule has 3 rings (SSSR count). The van der Waals surface area contributed by atoms with E-state index in [-0.39, 0.29) is 12.5 Å². The molecule has 0 aliphatic heterocycles. The van der Waals surface area contributed by atoms with E-state index in [0.29, 0.717) is 18.7 Å². The van der Waals surface area contributed by atoms with Gasteiger partial charge in [-0.05, 0) is 75.1 Å². The topological polar surface area (TPSA) is 32.7 Å². The van der Waals surface area contributed by atoms with Crippen molar-refractivity contribution in [2.45, 2.75) is 72.3 Å². The fraction of sp³-hybridized carbons (Fsp3) is 0.379. The van der Waals surface area contributed by atoms with Gasteiger partial charge in [-0.25, -0.2) is 0 Å². The number of hydrogen-bond donors (Lipinski definition) is 1. The number of nitrogens with zero attached hydrogens (tertiary/aromatic N) is 1. The molecule has 0 bridgehead atoms. The van der Waals surface area contributed by atoms with Crippen molar-refractivity contribution in [1.29, 1.82) is 0 Å². The lowest BCUT2D eigenvalue weighted by Gasteiger charge is -2.34. The van der Waals surface area contributed by atoms with Crippen LogP contribution in [0.1, 0.15) is 69.2 Å². The van der Waals surface area contributed by atoms with Crippen LogP contribution < -0.4 is 9.64 Å². The zero-order valence-electron chi connectivity index (χ0n) is 20.1. The van der Waals surface area contributed by atoms with Gasteiger partial charge in [-0.15, -0.1) is 0 Å². The van der Waals surface area contributed by atoms with Crippen molar-refractivity contribution in [3.8, 4) is 5.75 Å². The summed E-state index contributed by atoms with van der Waals surface area (Å²) in [7, 11) is 0. The first-order valence-corrected chi connectivity index (χ1v) is 11.7. The Morgan fingerprint density at radius 2 is 1.53 bits per heavy atom. The summed E-state index contributed by atoms with van der Waals surface area (Å²) in [5.74, 6) is 1.07. The molecular formula is C29H37NO2. The number of aliphatic hydroxyl groups excluding tert-OH is 1. The van der Waals surface area contributed by atoms with E-state index in [1.54, 1.807) is 0 Å². The Kier molecular flexibility index (Phi) is 8.35. The van der Waals surface area contributed by atoms with Crippen LogP contribution in [-0.2, 0) is 13.2 Å². The van der Waals surface area contributed by atoms with E-state index in [2.05, 4.69) is 82.0 Å². The largest absolute Gasteiger partial charge is 0.489 e. The number of benzene rings is 3. The highest BCUT2D eigenvalue weighted by Crippen LogP contribution is 2.37. The molecule has 3 nitrogen and oxygen atoms in total. The van der Waals surface area contributed by atoms with Crippen LogP contribution in [0.5, 0.6) is 5.75 Å². The minimum atomic E-state index is 0.0247. The van der Waals surface area contributed by atoms with Gasteiger partial charge in [0.2, 0.25) is 0 Å². The fourth-order valence-electron chi connectivity index (χ4n) is 4.57. The van der Waals surface area contributed by atoms with Crippen LogP contribution in [0.3, 0.4) is 0 Å². The van der Waals surface area contributed by atoms with E-state index in [1.807, 2.05) is 30.3 Å². The van der Waals surface area contributed by atoms with E-state index in [1.165, 1.54) is 11.3 Å². The summed E-state index contributed by atoms with van der Waals surface area (Å²) in [6.07, 6.45) is 0.948. The normalized spacial score (nSPS) is 12.2. The molecule has 32 heavy (non-hydrogen) atoms. The first-order valence-electron chi connectivity index (χ1n) is 11.7. The average Bonchev–Trinajstić information content (AvgIpc) is 2.79. The van der Waals surface area contributed by atoms with Crippen molar-refractivity contribution >= 4 is 5.69 Å². The first-order chi connectivity index (χ1) is 15.4. The third-order valence-corrected chi connectivity index (χ3v) is 5.96. The van der Waals surface area contributed by atoms with Gasteiger partial charge >= 0.3 is 0 Å². The van der Waals surface area contributed by atoms with E-state index in [0.717, 1.165) is 28.9 Å². The highest BCUT2D eigenvalue weighted by Gasteiger charge is 2.20. The number of ether oxygens (including phenoxy) is 1. The Morgan fingerprint density at radius 1 is 0.812 bits per heavy atom. The molecule has 1 atom stereocenters. The van der Waals surface area contributed by atoms with Gasteiger partial charge in [0.15, 0.2) is 0 Å². The molecule has 0 saturated carbocycles. The first kappa shape index (κ1) is 23.9. The van der Waals surface area contributed by atoms with E-state index in [4.69, 9.17) is 4.74 Å². The highest BCUT2D eigenvalue weighted by atomic mass is 16.5. The van der Waals surface area contributed by atoms with Crippen LogP contribution in [0, 0.1) is 0 Å². The Hall–Kier alpha value is -2.78. The molecule has 170 valence electrons. The Balaban J connectivity index is 1.98. The van der Waals surface area contributed by atoms with Crippen molar-refractivity contribution in [2.75, 3.05) is 4.90 Å². The van der Waals surface area contributed by atoms with Crippen molar-refractivity contribution in [1.82, 2.24) is 0 Å². The van der Waals surface area contributed by atoms with Crippen molar-refractivity contribution in [2.24, 2.45) is 0 Å². The fourth-order valence-corrected chi connectivity index (χ4v) is 4.57. The van der Waals surface area contributed by atoms with Crippen LogP contribution in [0.15, 0.2) is 72.8 Å². The molecule has 0 fully saturated rings. The van der Waals surface area contributed by atoms with Crippen molar-refractivity contribution in [3.63, 3.8) is 0 Å². The molecule has 0 unspecified atom stereocenters. The van der Waals surface area contributed by atoms with Gasteiger partial charge in [0, 0.05) is 29.3 Å². The molecule has 0 aromatic heterocycles. The summed E-state index contributed by atoms with van der Waals surface area (Å²) in [6.45, 7) is 11.7. The molecule has 3 aromatic carbocycles. The molecule has 3 heteroatoms. The molecule has 0 heterocycles. The summed E-state index contributed by atoms with van der Waals surface area (Å²) in [6, 6.07) is 26.0. The van der Waals surface area contributed by atoms with Gasteiger partial charge in [-0.3, -0.25) is 0 Å². The molecule has 0 saturated heterocycles. The minimum Gasteiger partial charge on any atom is -0.489 e. The van der Waals surface area contributed by atoms with Crippen molar-refractivity contribution < 1.29 is 9.84 Å². The summed E-state index contributed by atoms with van der Waals surface area (Å²) in [5.41, 5.74) is 5.71. The second-order valence-corrected chi connectivity index (χ2v) is 8.96. The van der Waals surface area contributed by atoms with Crippen molar-refractivity contribution in [3.05, 3.63) is 95.1 Å². The quantitative estimate of drug-likeness (QED) is 0.378. The number of hydrogen-bond acceptors (Lipinski definition) is 3. The second-order valence-electron chi connectivity index (χ2n) is 8.96. The van der Waals surface area contributed by atoms with Crippen LogP contribution in [0.2, 0.25) is 0 Å². The molecule has 0 aliphatic carbocycles. The summed E-state index contributed by atoms with van der Waals surface area (Å²) in [4.78, 5) is 2.45. The third-order valence-electron chi connectivity index (χ3n) is 5.96. The van der Waals surface area contributed by atoms with Gasteiger partial charge < -0.3 is 14.7 Å². The maximum atomic E-state index is 9.78. The smallest absolute Gasteiger partial charge is 0.123 e. The summed E-state index contributed by atoms with van der Waals surface area (Å²) < 4.78 is 6.29. The Labute approximate surface area is 193 Å². The molecule has 1 N–H and O–H groups in total. The van der Waals surface area contributed by atoms with Gasteiger partial charge in [-0.1, -0.05) is 55.5 Å². The Bertz CT molecular complexity index is 973. The van der Waals surface area contributed by atoms with Crippen LogP contribution in [0.25, 0.3) is 0 Å². The summed E-state index contributed by atoms with van der Waals surface area (Å²) in [5, 5.41) is 9.78.